The van der Waals surface area contributed by atoms with Gasteiger partial charge in [0.2, 0.25) is 0 Å². The normalized spacial score (nSPS) is 9.83. The van der Waals surface area contributed by atoms with Crippen molar-refractivity contribution in [1.29, 1.82) is 0 Å². The van der Waals surface area contributed by atoms with Crippen molar-refractivity contribution in [1.82, 2.24) is 5.32 Å². The molecule has 2 aromatic rings. The molecule has 0 fully saturated rings. The third-order valence-corrected chi connectivity index (χ3v) is 2.73. The molecule has 0 aliphatic heterocycles. The summed E-state index contributed by atoms with van der Waals surface area (Å²) in [6.07, 6.45) is 0. The fourth-order valence-corrected chi connectivity index (χ4v) is 1.66. The van der Waals surface area contributed by atoms with E-state index in [2.05, 4.69) is 24.0 Å². The van der Waals surface area contributed by atoms with Crippen molar-refractivity contribution in [2.75, 3.05) is 7.05 Å². The van der Waals surface area contributed by atoms with Gasteiger partial charge in [-0.05, 0) is 17.7 Å². The van der Waals surface area contributed by atoms with Crippen LogP contribution in [0.4, 0.5) is 0 Å². The van der Waals surface area contributed by atoms with Gasteiger partial charge < -0.3 is 10.1 Å². The van der Waals surface area contributed by atoms with E-state index < -0.39 is 0 Å². The topological polar surface area (TPSA) is 21.3 Å². The van der Waals surface area contributed by atoms with Crippen molar-refractivity contribution < 1.29 is 4.74 Å². The molecule has 2 heteroatoms. The van der Waals surface area contributed by atoms with Gasteiger partial charge in [0.25, 0.3) is 0 Å². The summed E-state index contributed by atoms with van der Waals surface area (Å²) in [5.41, 5.74) is 3.10. The number of hydrogen-bond donors (Lipinski definition) is 1. The number of benzene rings is 2. The van der Waals surface area contributed by atoms with Gasteiger partial charge in [0, 0.05) is 18.3 Å². The summed E-state index contributed by atoms with van der Waals surface area (Å²) in [5, 5.41) is 3.03. The van der Waals surface area contributed by atoms with Crippen LogP contribution in [-0.4, -0.2) is 7.05 Å². The van der Waals surface area contributed by atoms with Gasteiger partial charge in [-0.1, -0.05) is 49.0 Å². The van der Waals surface area contributed by atoms with Crippen molar-refractivity contribution in [2.24, 2.45) is 0 Å². The smallest absolute Gasteiger partial charge is 0.120 e. The van der Waals surface area contributed by atoms with Crippen molar-refractivity contribution in [3.8, 4) is 5.75 Å². The molecule has 2 nitrogen and oxygen atoms in total. The molecule has 18 heavy (non-hydrogen) atoms. The van der Waals surface area contributed by atoms with E-state index in [9.17, 15) is 0 Å². The second-order valence-corrected chi connectivity index (χ2v) is 4.03. The van der Waals surface area contributed by atoms with Crippen LogP contribution >= 0.6 is 0 Å². The van der Waals surface area contributed by atoms with E-state index in [0.29, 0.717) is 6.61 Å². The Labute approximate surface area is 108 Å². The van der Waals surface area contributed by atoms with Crippen LogP contribution in [0.2, 0.25) is 0 Å². The van der Waals surface area contributed by atoms with Gasteiger partial charge in [-0.3, -0.25) is 0 Å². The van der Waals surface area contributed by atoms with Crippen molar-refractivity contribution >= 4 is 5.70 Å². The van der Waals surface area contributed by atoms with Gasteiger partial charge in [-0.2, -0.15) is 0 Å². The van der Waals surface area contributed by atoms with E-state index >= 15 is 0 Å². The van der Waals surface area contributed by atoms with Gasteiger partial charge in [0.1, 0.15) is 12.4 Å². The van der Waals surface area contributed by atoms with Crippen LogP contribution in [0.1, 0.15) is 11.1 Å². The number of hydrogen-bond acceptors (Lipinski definition) is 2. The average Bonchev–Trinajstić information content (AvgIpc) is 2.45. The summed E-state index contributed by atoms with van der Waals surface area (Å²) in [4.78, 5) is 0. The van der Waals surface area contributed by atoms with Gasteiger partial charge in [0.05, 0.1) is 0 Å². The first-order valence-electron chi connectivity index (χ1n) is 5.93. The van der Waals surface area contributed by atoms with Crippen molar-refractivity contribution in [3.05, 3.63) is 72.3 Å². The van der Waals surface area contributed by atoms with Gasteiger partial charge >= 0.3 is 0 Å². The number of nitrogens with one attached hydrogen (secondary N) is 1. The number of rotatable bonds is 5. The molecule has 0 bridgehead atoms. The fourth-order valence-electron chi connectivity index (χ4n) is 1.66. The Balaban J connectivity index is 2.04. The van der Waals surface area contributed by atoms with Crippen LogP contribution in [0.5, 0.6) is 5.75 Å². The maximum absolute atomic E-state index is 5.76. The molecule has 92 valence electrons. The molecule has 0 unspecified atom stereocenters. The molecule has 0 radical (unpaired) electrons. The summed E-state index contributed by atoms with van der Waals surface area (Å²) in [5.74, 6) is 0.854. The summed E-state index contributed by atoms with van der Waals surface area (Å²) >= 11 is 0. The first-order valence-corrected chi connectivity index (χ1v) is 5.93. The zero-order chi connectivity index (χ0) is 12.8. The molecule has 0 saturated carbocycles. The lowest BCUT2D eigenvalue weighted by atomic mass is 10.1. The maximum atomic E-state index is 5.76. The van der Waals surface area contributed by atoms with Crippen molar-refractivity contribution in [3.63, 3.8) is 0 Å². The standard InChI is InChI=1S/C16H17NO/c1-13(17-2)15-9-6-10-16(11-15)18-12-14-7-4-3-5-8-14/h3-11,17H,1,12H2,2H3. The third kappa shape index (κ3) is 3.14. The molecule has 0 amide bonds. The molecule has 0 aliphatic carbocycles. The van der Waals surface area contributed by atoms with Crippen LogP contribution in [0, 0.1) is 0 Å². The molecule has 0 aromatic heterocycles. The Bertz CT molecular complexity index is 520. The zero-order valence-electron chi connectivity index (χ0n) is 10.5. The number of ether oxygens (including phenoxy) is 1. The Morgan fingerprint density at radius 3 is 2.61 bits per heavy atom. The van der Waals surface area contributed by atoms with Crippen LogP contribution in [0.15, 0.2) is 61.2 Å². The van der Waals surface area contributed by atoms with E-state index in [1.54, 1.807) is 0 Å². The maximum Gasteiger partial charge on any atom is 0.120 e. The van der Waals surface area contributed by atoms with E-state index in [0.717, 1.165) is 22.6 Å². The SMILES string of the molecule is C=C(NC)c1cccc(OCc2ccccc2)c1. The highest BCUT2D eigenvalue weighted by molar-refractivity contribution is 5.62. The monoisotopic (exact) mass is 239 g/mol. The lowest BCUT2D eigenvalue weighted by molar-refractivity contribution is 0.306. The molecule has 2 aromatic carbocycles. The summed E-state index contributed by atoms with van der Waals surface area (Å²) < 4.78 is 5.76. The zero-order valence-corrected chi connectivity index (χ0v) is 10.5. The molecule has 0 aliphatic rings. The van der Waals surface area contributed by atoms with Crippen LogP contribution in [0.3, 0.4) is 0 Å². The van der Waals surface area contributed by atoms with Crippen LogP contribution < -0.4 is 10.1 Å². The van der Waals surface area contributed by atoms with E-state index in [1.165, 1.54) is 0 Å². The molecule has 2 rings (SSSR count). The van der Waals surface area contributed by atoms with Gasteiger partial charge in [-0.25, -0.2) is 0 Å². The predicted octanol–water partition coefficient (Wildman–Crippen LogP) is 3.46. The van der Waals surface area contributed by atoms with E-state index in [1.807, 2.05) is 49.5 Å². The minimum Gasteiger partial charge on any atom is -0.489 e. The van der Waals surface area contributed by atoms with Crippen molar-refractivity contribution in [2.45, 2.75) is 6.61 Å². The molecule has 1 N–H and O–H groups in total. The average molecular weight is 239 g/mol. The molecule has 0 saturated heterocycles. The van der Waals surface area contributed by atoms with Gasteiger partial charge in [0.15, 0.2) is 0 Å². The third-order valence-electron chi connectivity index (χ3n) is 2.73. The fraction of sp³-hybridized carbons (Fsp3) is 0.125. The second-order valence-electron chi connectivity index (χ2n) is 4.03. The highest BCUT2D eigenvalue weighted by Gasteiger charge is 2.00. The van der Waals surface area contributed by atoms with Gasteiger partial charge in [-0.15, -0.1) is 0 Å². The largest absolute Gasteiger partial charge is 0.489 e. The summed E-state index contributed by atoms with van der Waals surface area (Å²) in [6.45, 7) is 4.52. The Morgan fingerprint density at radius 2 is 1.89 bits per heavy atom. The molecule has 0 heterocycles. The Morgan fingerprint density at radius 1 is 1.11 bits per heavy atom. The molecular formula is C16H17NO. The highest BCUT2D eigenvalue weighted by Crippen LogP contribution is 2.18. The van der Waals surface area contributed by atoms with Crippen LogP contribution in [0.25, 0.3) is 5.70 Å². The molecule has 0 atom stereocenters. The van der Waals surface area contributed by atoms with E-state index in [4.69, 9.17) is 4.74 Å². The lowest BCUT2D eigenvalue weighted by Crippen LogP contribution is -2.03. The first-order chi connectivity index (χ1) is 8.79. The summed E-state index contributed by atoms with van der Waals surface area (Å²) in [7, 11) is 1.86. The minimum absolute atomic E-state index is 0.580. The Kier molecular flexibility index (Phi) is 4.02. The lowest BCUT2D eigenvalue weighted by Gasteiger charge is -2.09. The quantitative estimate of drug-likeness (QED) is 0.862. The second kappa shape index (κ2) is 5.92. The first kappa shape index (κ1) is 12.2. The highest BCUT2D eigenvalue weighted by atomic mass is 16.5. The summed E-state index contributed by atoms with van der Waals surface area (Å²) in [6, 6.07) is 18.0. The minimum atomic E-state index is 0.580. The molecular weight excluding hydrogens is 222 g/mol. The van der Waals surface area contributed by atoms with Crippen LogP contribution in [-0.2, 0) is 6.61 Å². The molecule has 0 spiro atoms. The Hall–Kier alpha value is -2.22. The van der Waals surface area contributed by atoms with E-state index in [-0.39, 0.29) is 0 Å². The predicted molar refractivity (Wildman–Crippen MR) is 75.3 cm³/mol.